The van der Waals surface area contributed by atoms with Crippen LogP contribution in [-0.2, 0) is 0 Å². The van der Waals surface area contributed by atoms with E-state index in [1.807, 2.05) is 59.5 Å². The minimum Gasteiger partial charge on any atom is -0.495 e. The first kappa shape index (κ1) is 23.0. The van der Waals surface area contributed by atoms with E-state index in [0.29, 0.717) is 37.5 Å². The second-order valence-corrected chi connectivity index (χ2v) is 9.25. The SMILES string of the molecule is COc1ccc(N2C(=S)N[C@@H](c3ccccn3)[C@@H]2c2ccc(-c3ccc(Cl)c(Cl)c3)o2)cc1Cl. The van der Waals surface area contributed by atoms with Crippen LogP contribution in [0.2, 0.25) is 15.1 Å². The summed E-state index contributed by atoms with van der Waals surface area (Å²) >= 11 is 24.5. The highest BCUT2D eigenvalue weighted by atomic mass is 35.5. The molecule has 0 saturated carbocycles. The van der Waals surface area contributed by atoms with Crippen LogP contribution in [0.15, 0.2) is 77.3 Å². The molecule has 9 heteroatoms. The highest BCUT2D eigenvalue weighted by molar-refractivity contribution is 7.80. The number of hydrogen-bond acceptors (Lipinski definition) is 4. The summed E-state index contributed by atoms with van der Waals surface area (Å²) in [6, 6.07) is 20.0. The number of hydrogen-bond donors (Lipinski definition) is 1. The molecule has 172 valence electrons. The van der Waals surface area contributed by atoms with Crippen molar-refractivity contribution >= 4 is 57.8 Å². The Bertz CT molecular complexity index is 1360. The minimum atomic E-state index is -0.316. The number of ether oxygens (including phenoxy) is 1. The maximum Gasteiger partial charge on any atom is 0.174 e. The standard InChI is InChI=1S/C25H18Cl3N3O2S/c1-32-21-8-6-15(13-18(21)28)31-24(23(30-25(31)34)19-4-2-3-11-29-19)22-10-9-20(33-22)14-5-7-16(26)17(27)12-14/h2-13,23-24H,1H3,(H,30,34)/t23-,24-/m0/s1. The van der Waals surface area contributed by atoms with Crippen molar-refractivity contribution in [2.45, 2.75) is 12.1 Å². The first-order valence-electron chi connectivity index (χ1n) is 10.4. The Hall–Kier alpha value is -2.77. The molecule has 34 heavy (non-hydrogen) atoms. The number of nitrogens with one attached hydrogen (secondary N) is 1. The first-order valence-corrected chi connectivity index (χ1v) is 11.9. The van der Waals surface area contributed by atoms with Crippen molar-refractivity contribution in [1.29, 1.82) is 0 Å². The van der Waals surface area contributed by atoms with Crippen molar-refractivity contribution in [1.82, 2.24) is 10.3 Å². The lowest BCUT2D eigenvalue weighted by atomic mass is 10.0. The van der Waals surface area contributed by atoms with E-state index in [4.69, 9.17) is 56.2 Å². The highest BCUT2D eigenvalue weighted by Crippen LogP contribution is 2.44. The van der Waals surface area contributed by atoms with E-state index in [1.165, 1.54) is 0 Å². The van der Waals surface area contributed by atoms with E-state index in [0.717, 1.165) is 16.9 Å². The average molecular weight is 531 g/mol. The fraction of sp³-hybridized carbons (Fsp3) is 0.120. The number of anilines is 1. The zero-order valence-electron chi connectivity index (χ0n) is 17.8. The lowest BCUT2D eigenvalue weighted by molar-refractivity contribution is 0.415. The first-order chi connectivity index (χ1) is 16.5. The lowest BCUT2D eigenvalue weighted by Gasteiger charge is -2.26. The molecule has 0 radical (unpaired) electrons. The van der Waals surface area contributed by atoms with Gasteiger partial charge < -0.3 is 19.4 Å². The van der Waals surface area contributed by atoms with Crippen LogP contribution in [0.5, 0.6) is 5.75 Å². The van der Waals surface area contributed by atoms with Crippen molar-refractivity contribution in [2.24, 2.45) is 0 Å². The van der Waals surface area contributed by atoms with E-state index >= 15 is 0 Å². The van der Waals surface area contributed by atoms with Gasteiger partial charge in [0.25, 0.3) is 0 Å². The molecule has 1 N–H and O–H groups in total. The molecule has 1 saturated heterocycles. The fourth-order valence-electron chi connectivity index (χ4n) is 4.04. The molecular weight excluding hydrogens is 513 g/mol. The van der Waals surface area contributed by atoms with Crippen molar-refractivity contribution in [2.75, 3.05) is 12.0 Å². The fourth-order valence-corrected chi connectivity index (χ4v) is 4.94. The molecule has 0 spiro atoms. The second kappa shape index (κ2) is 9.47. The van der Waals surface area contributed by atoms with E-state index in [9.17, 15) is 0 Å². The highest BCUT2D eigenvalue weighted by Gasteiger charge is 2.42. The van der Waals surface area contributed by atoms with Crippen LogP contribution in [0.3, 0.4) is 0 Å². The number of nitrogens with zero attached hydrogens (tertiary/aromatic N) is 2. The summed E-state index contributed by atoms with van der Waals surface area (Å²) in [7, 11) is 1.58. The topological polar surface area (TPSA) is 50.5 Å². The van der Waals surface area contributed by atoms with Gasteiger partial charge in [-0.1, -0.05) is 40.9 Å². The molecule has 5 nitrogen and oxygen atoms in total. The van der Waals surface area contributed by atoms with Gasteiger partial charge in [0.05, 0.1) is 33.9 Å². The third-order valence-corrected chi connectivity index (χ3v) is 6.98. The summed E-state index contributed by atoms with van der Waals surface area (Å²) in [5, 5.41) is 5.37. The molecule has 3 heterocycles. The van der Waals surface area contributed by atoms with Gasteiger partial charge in [-0.3, -0.25) is 4.98 Å². The van der Waals surface area contributed by atoms with Gasteiger partial charge in [0.15, 0.2) is 5.11 Å². The van der Waals surface area contributed by atoms with Crippen LogP contribution in [0.4, 0.5) is 5.69 Å². The normalized spacial score (nSPS) is 17.6. The van der Waals surface area contributed by atoms with Crippen molar-refractivity contribution in [3.63, 3.8) is 0 Å². The van der Waals surface area contributed by atoms with E-state index < -0.39 is 0 Å². The Kier molecular flexibility index (Phi) is 6.40. The van der Waals surface area contributed by atoms with Gasteiger partial charge in [-0.2, -0.15) is 0 Å². The molecule has 0 amide bonds. The van der Waals surface area contributed by atoms with Gasteiger partial charge in [-0.25, -0.2) is 0 Å². The number of furan rings is 1. The number of benzene rings is 2. The molecule has 1 aliphatic heterocycles. The van der Waals surface area contributed by atoms with Gasteiger partial charge in [0, 0.05) is 17.4 Å². The molecule has 1 aliphatic rings. The molecule has 2 aromatic heterocycles. The van der Waals surface area contributed by atoms with Gasteiger partial charge >= 0.3 is 0 Å². The lowest BCUT2D eigenvalue weighted by Crippen LogP contribution is -2.29. The number of pyridine rings is 1. The zero-order valence-corrected chi connectivity index (χ0v) is 20.9. The number of rotatable bonds is 5. The summed E-state index contributed by atoms with van der Waals surface area (Å²) in [5.74, 6) is 1.95. The Labute approximate surface area is 217 Å². The molecule has 0 bridgehead atoms. The number of methoxy groups -OCH3 is 1. The van der Waals surface area contributed by atoms with E-state index in [-0.39, 0.29) is 12.1 Å². The molecule has 0 unspecified atom stereocenters. The Morgan fingerprint density at radius 1 is 0.971 bits per heavy atom. The van der Waals surface area contributed by atoms with Crippen molar-refractivity contribution < 1.29 is 9.15 Å². The van der Waals surface area contributed by atoms with Gasteiger partial charge in [-0.05, 0) is 72.9 Å². The van der Waals surface area contributed by atoms with Gasteiger partial charge in [0.2, 0.25) is 0 Å². The molecule has 2 aromatic carbocycles. The molecule has 5 rings (SSSR count). The van der Waals surface area contributed by atoms with Crippen molar-refractivity contribution in [3.8, 4) is 17.1 Å². The number of halogens is 3. The Morgan fingerprint density at radius 3 is 2.53 bits per heavy atom. The third-order valence-electron chi connectivity index (χ3n) is 5.63. The number of thiocarbonyl (C=S) groups is 1. The average Bonchev–Trinajstić information content (AvgIpc) is 3.46. The smallest absolute Gasteiger partial charge is 0.174 e. The van der Waals surface area contributed by atoms with Crippen LogP contribution in [0.1, 0.15) is 23.5 Å². The van der Waals surface area contributed by atoms with Crippen LogP contribution in [-0.4, -0.2) is 17.2 Å². The Balaban J connectivity index is 1.60. The van der Waals surface area contributed by atoms with E-state index in [1.54, 1.807) is 25.4 Å². The van der Waals surface area contributed by atoms with Crippen LogP contribution < -0.4 is 15.0 Å². The largest absolute Gasteiger partial charge is 0.495 e. The molecule has 2 atom stereocenters. The van der Waals surface area contributed by atoms with Gasteiger partial charge in [0.1, 0.15) is 23.3 Å². The number of aromatic nitrogens is 1. The van der Waals surface area contributed by atoms with E-state index in [2.05, 4.69) is 10.3 Å². The monoisotopic (exact) mass is 529 g/mol. The molecule has 4 aromatic rings. The van der Waals surface area contributed by atoms with Crippen molar-refractivity contribution in [3.05, 3.63) is 99.4 Å². The molecule has 0 aliphatic carbocycles. The van der Waals surface area contributed by atoms with Crippen LogP contribution in [0, 0.1) is 0 Å². The summed E-state index contributed by atoms with van der Waals surface area (Å²) in [6.07, 6.45) is 1.76. The minimum absolute atomic E-state index is 0.248. The quantitative estimate of drug-likeness (QED) is 0.270. The molecular formula is C25H18Cl3N3O2S. The Morgan fingerprint density at radius 2 is 1.82 bits per heavy atom. The summed E-state index contributed by atoms with van der Waals surface area (Å²) in [6.45, 7) is 0. The predicted molar refractivity (Wildman–Crippen MR) is 140 cm³/mol. The van der Waals surface area contributed by atoms with Gasteiger partial charge in [-0.15, -0.1) is 0 Å². The summed E-state index contributed by atoms with van der Waals surface area (Å²) in [4.78, 5) is 6.55. The van der Waals surface area contributed by atoms with Crippen LogP contribution >= 0.6 is 47.0 Å². The van der Waals surface area contributed by atoms with Crippen LogP contribution in [0.25, 0.3) is 11.3 Å². The zero-order chi connectivity index (χ0) is 23.8. The molecule has 1 fully saturated rings. The summed E-state index contributed by atoms with van der Waals surface area (Å²) < 4.78 is 11.7. The maximum atomic E-state index is 6.44. The third kappa shape index (κ3) is 4.23. The second-order valence-electron chi connectivity index (χ2n) is 7.65. The maximum absolute atomic E-state index is 6.44. The summed E-state index contributed by atoms with van der Waals surface area (Å²) in [5.41, 5.74) is 2.46. The predicted octanol–water partition coefficient (Wildman–Crippen LogP) is 7.49.